The van der Waals surface area contributed by atoms with Crippen LogP contribution < -0.4 is 5.32 Å². The maximum atomic E-state index is 12.8. The van der Waals surface area contributed by atoms with Crippen LogP contribution in [-0.4, -0.2) is 55.3 Å². The molecule has 1 saturated heterocycles. The summed E-state index contributed by atoms with van der Waals surface area (Å²) in [5.74, 6) is 0.0642. The highest BCUT2D eigenvalue weighted by Crippen LogP contribution is 2.52. The molecule has 1 spiro atoms. The van der Waals surface area contributed by atoms with Gasteiger partial charge in [0.25, 0.3) is 0 Å². The zero-order valence-electron chi connectivity index (χ0n) is 19.3. The number of carbonyl (C=O) groups excluding carboxylic acids is 2. The van der Waals surface area contributed by atoms with Gasteiger partial charge in [-0.25, -0.2) is 0 Å². The summed E-state index contributed by atoms with van der Waals surface area (Å²) in [6.45, 7) is 1.47. The minimum atomic E-state index is -0.0611. The van der Waals surface area contributed by atoms with Crippen LogP contribution in [0.15, 0.2) is 60.7 Å². The van der Waals surface area contributed by atoms with Gasteiger partial charge in [-0.1, -0.05) is 60.7 Å². The number of nitrogens with one attached hydrogen (secondary N) is 1. The molecular weight excluding hydrogens is 398 g/mol. The smallest absolute Gasteiger partial charge is 0.239 e. The van der Waals surface area contributed by atoms with Crippen molar-refractivity contribution in [2.45, 2.75) is 44.1 Å². The molecule has 2 amide bonds. The second-order valence-electron chi connectivity index (χ2n) is 9.80. The molecule has 0 unspecified atom stereocenters. The molecule has 1 N–H and O–H groups in total. The largest absolute Gasteiger partial charge is 0.354 e. The molecule has 0 radical (unpaired) electrons. The summed E-state index contributed by atoms with van der Waals surface area (Å²) < 4.78 is 0. The molecule has 5 heteroatoms. The van der Waals surface area contributed by atoms with Crippen LogP contribution in [0.2, 0.25) is 0 Å². The van der Waals surface area contributed by atoms with Crippen molar-refractivity contribution in [3.8, 4) is 0 Å². The summed E-state index contributed by atoms with van der Waals surface area (Å²) in [5, 5.41) is 2.98. The number of nitrogens with zero attached hydrogens (tertiary/aromatic N) is 2. The highest BCUT2D eigenvalue weighted by molar-refractivity contribution is 5.86. The van der Waals surface area contributed by atoms with Crippen LogP contribution in [0.25, 0.3) is 0 Å². The number of benzene rings is 2. The molecule has 1 aliphatic heterocycles. The number of carbonyl (C=O) groups is 2. The van der Waals surface area contributed by atoms with Crippen molar-refractivity contribution in [3.05, 3.63) is 71.8 Å². The molecular formula is C27H35N3O2. The summed E-state index contributed by atoms with van der Waals surface area (Å²) in [6, 6.07) is 20.9. The van der Waals surface area contributed by atoms with Crippen LogP contribution in [-0.2, 0) is 21.5 Å². The van der Waals surface area contributed by atoms with Gasteiger partial charge in [-0.3, -0.25) is 14.5 Å². The van der Waals surface area contributed by atoms with Crippen molar-refractivity contribution < 1.29 is 9.59 Å². The topological polar surface area (TPSA) is 52.7 Å². The summed E-state index contributed by atoms with van der Waals surface area (Å²) in [7, 11) is 4.33. The first-order chi connectivity index (χ1) is 15.4. The Morgan fingerprint density at radius 3 is 2.22 bits per heavy atom. The van der Waals surface area contributed by atoms with E-state index in [-0.39, 0.29) is 29.3 Å². The molecule has 4 rings (SSSR count). The van der Waals surface area contributed by atoms with E-state index in [4.69, 9.17) is 0 Å². The molecule has 0 atom stereocenters. The van der Waals surface area contributed by atoms with E-state index in [9.17, 15) is 9.59 Å². The quantitative estimate of drug-likeness (QED) is 0.726. The Morgan fingerprint density at radius 2 is 1.59 bits per heavy atom. The molecule has 2 aromatic rings. The fourth-order valence-corrected chi connectivity index (χ4v) is 5.62. The Balaban J connectivity index is 1.32. The van der Waals surface area contributed by atoms with Gasteiger partial charge in [0, 0.05) is 25.0 Å². The lowest BCUT2D eigenvalue weighted by atomic mass is 9.64. The third-order valence-corrected chi connectivity index (χ3v) is 7.62. The van der Waals surface area contributed by atoms with Crippen LogP contribution in [0.1, 0.15) is 43.2 Å². The third-order valence-electron chi connectivity index (χ3n) is 7.62. The first-order valence-electron chi connectivity index (χ1n) is 11.7. The SMILES string of the molecule is CN(C)[C@]1(c2ccccc2)CC[C@@]2(CC1)CC(=O)N(CC(=O)NCCc1ccccc1)C2. The number of rotatable bonds is 7. The van der Waals surface area contributed by atoms with E-state index in [2.05, 4.69) is 66.8 Å². The molecule has 1 aliphatic carbocycles. The molecule has 1 saturated carbocycles. The monoisotopic (exact) mass is 433 g/mol. The first-order valence-corrected chi connectivity index (χ1v) is 11.7. The molecule has 170 valence electrons. The van der Waals surface area contributed by atoms with E-state index in [1.165, 1.54) is 11.1 Å². The Kier molecular flexibility index (Phi) is 6.66. The van der Waals surface area contributed by atoms with Crippen molar-refractivity contribution in [1.29, 1.82) is 0 Å². The van der Waals surface area contributed by atoms with Gasteiger partial charge in [-0.05, 0) is 62.7 Å². The van der Waals surface area contributed by atoms with Crippen molar-refractivity contribution in [1.82, 2.24) is 15.1 Å². The second kappa shape index (κ2) is 9.45. The summed E-state index contributed by atoms with van der Waals surface area (Å²) in [4.78, 5) is 29.4. The van der Waals surface area contributed by atoms with Crippen molar-refractivity contribution in [3.63, 3.8) is 0 Å². The predicted octanol–water partition coefficient (Wildman–Crippen LogP) is 3.60. The Labute approximate surface area is 191 Å². The third kappa shape index (κ3) is 4.73. The van der Waals surface area contributed by atoms with E-state index >= 15 is 0 Å². The highest BCUT2D eigenvalue weighted by atomic mass is 16.2. The number of amides is 2. The fraction of sp³-hybridized carbons (Fsp3) is 0.481. The summed E-state index contributed by atoms with van der Waals surface area (Å²) in [6.07, 6.45) is 5.47. The molecule has 0 bridgehead atoms. The molecule has 1 heterocycles. The number of likely N-dealkylation sites (tertiary alicyclic amines) is 1. The molecule has 0 aromatic heterocycles. The van der Waals surface area contributed by atoms with Gasteiger partial charge in [0.15, 0.2) is 0 Å². The Bertz CT molecular complexity index is 918. The average molecular weight is 434 g/mol. The molecule has 32 heavy (non-hydrogen) atoms. The minimum absolute atomic E-state index is 0.00962. The zero-order chi connectivity index (χ0) is 22.6. The first kappa shape index (κ1) is 22.5. The molecule has 2 aromatic carbocycles. The maximum Gasteiger partial charge on any atom is 0.239 e. The predicted molar refractivity (Wildman–Crippen MR) is 127 cm³/mol. The van der Waals surface area contributed by atoms with Gasteiger partial charge in [-0.15, -0.1) is 0 Å². The van der Waals surface area contributed by atoms with Crippen molar-refractivity contribution >= 4 is 11.8 Å². The Morgan fingerprint density at radius 1 is 0.969 bits per heavy atom. The van der Waals surface area contributed by atoms with Crippen LogP contribution in [0.3, 0.4) is 0 Å². The van der Waals surface area contributed by atoms with Gasteiger partial charge in [-0.2, -0.15) is 0 Å². The lowest BCUT2D eigenvalue weighted by molar-refractivity contribution is -0.133. The lowest BCUT2D eigenvalue weighted by Crippen LogP contribution is -2.47. The van der Waals surface area contributed by atoms with E-state index < -0.39 is 0 Å². The van der Waals surface area contributed by atoms with Crippen LogP contribution in [0.5, 0.6) is 0 Å². The van der Waals surface area contributed by atoms with Gasteiger partial charge >= 0.3 is 0 Å². The van der Waals surface area contributed by atoms with Crippen molar-refractivity contribution in [2.75, 3.05) is 33.7 Å². The standard InChI is InChI=1S/C27H35N3O2/c1-29(2)27(23-11-7-4-8-12-23)16-14-26(15-17-27)19-25(32)30(21-26)20-24(31)28-18-13-22-9-5-3-6-10-22/h3-12H,13-21H2,1-2H3,(H,28,31)/t26-,27-. The van der Waals surface area contributed by atoms with Crippen LogP contribution in [0, 0.1) is 5.41 Å². The molecule has 2 aliphatic rings. The summed E-state index contributed by atoms with van der Waals surface area (Å²) >= 11 is 0. The van der Waals surface area contributed by atoms with E-state index in [0.29, 0.717) is 19.5 Å². The van der Waals surface area contributed by atoms with Gasteiger partial charge in [0.1, 0.15) is 0 Å². The van der Waals surface area contributed by atoms with Gasteiger partial charge < -0.3 is 10.2 Å². The Hall–Kier alpha value is -2.66. The van der Waals surface area contributed by atoms with Crippen LogP contribution in [0.4, 0.5) is 0 Å². The second-order valence-corrected chi connectivity index (χ2v) is 9.80. The molecule has 5 nitrogen and oxygen atoms in total. The molecule has 2 fully saturated rings. The summed E-state index contributed by atoms with van der Waals surface area (Å²) in [5.41, 5.74) is 2.60. The van der Waals surface area contributed by atoms with Crippen LogP contribution >= 0.6 is 0 Å². The van der Waals surface area contributed by atoms with E-state index in [0.717, 1.165) is 32.1 Å². The van der Waals surface area contributed by atoms with Gasteiger partial charge in [0.05, 0.1) is 6.54 Å². The zero-order valence-corrected chi connectivity index (χ0v) is 19.3. The van der Waals surface area contributed by atoms with E-state index in [1.807, 2.05) is 18.2 Å². The number of hydrogen-bond acceptors (Lipinski definition) is 3. The van der Waals surface area contributed by atoms with E-state index in [1.54, 1.807) is 4.90 Å². The maximum absolute atomic E-state index is 12.8. The highest BCUT2D eigenvalue weighted by Gasteiger charge is 2.50. The lowest BCUT2D eigenvalue weighted by Gasteiger charge is -2.48. The number of hydrogen-bond donors (Lipinski definition) is 1. The minimum Gasteiger partial charge on any atom is -0.354 e. The van der Waals surface area contributed by atoms with Gasteiger partial charge in [0.2, 0.25) is 11.8 Å². The normalized spacial score (nSPS) is 25.5. The fourth-order valence-electron chi connectivity index (χ4n) is 5.62. The average Bonchev–Trinajstić information content (AvgIpc) is 3.10. The van der Waals surface area contributed by atoms with Crippen molar-refractivity contribution in [2.24, 2.45) is 5.41 Å².